The number of benzene rings is 1. The Morgan fingerprint density at radius 2 is 2.06 bits per heavy atom. The number of nitrogens with two attached hydrogens (primary N) is 1. The Labute approximate surface area is 119 Å². The number of rotatable bonds is 1. The molecule has 7 heteroatoms. The van der Waals surface area contributed by atoms with E-state index >= 15 is 0 Å². The fourth-order valence-electron chi connectivity index (χ4n) is 1.67. The highest BCUT2D eigenvalue weighted by Gasteiger charge is 2.12. The minimum Gasteiger partial charge on any atom is -0.397 e. The van der Waals surface area contributed by atoms with E-state index < -0.39 is 0 Å². The van der Waals surface area contributed by atoms with Crippen LogP contribution in [0, 0.1) is 0 Å². The number of hydrogen-bond acceptors (Lipinski definition) is 4. The Kier molecular flexibility index (Phi) is 2.79. The Bertz CT molecular complexity index is 704. The third kappa shape index (κ3) is 1.89. The molecular weight excluding hydrogens is 362 g/mol. The first kappa shape index (κ1) is 11.6. The van der Waals surface area contributed by atoms with Crippen molar-refractivity contribution in [3.05, 3.63) is 33.6 Å². The van der Waals surface area contributed by atoms with Gasteiger partial charge in [-0.05, 0) is 28.1 Å². The Hall–Kier alpha value is -1.47. The fourth-order valence-corrected chi connectivity index (χ4v) is 2.90. The molecule has 90 valence electrons. The van der Waals surface area contributed by atoms with E-state index in [2.05, 4.69) is 51.8 Å². The van der Waals surface area contributed by atoms with E-state index in [-0.39, 0.29) is 0 Å². The smallest absolute Gasteiger partial charge is 0.181 e. The SMILES string of the molecule is Nc1c(Br)cc(Br)cc1-c1nc2ncncc2[nH]1. The Balaban J connectivity index is 2.26. The van der Waals surface area contributed by atoms with Gasteiger partial charge in [0.15, 0.2) is 5.65 Å². The number of aromatic nitrogens is 4. The van der Waals surface area contributed by atoms with Gasteiger partial charge in [-0.25, -0.2) is 15.0 Å². The molecule has 1 aromatic carbocycles. The van der Waals surface area contributed by atoms with Crippen molar-refractivity contribution in [3.8, 4) is 11.4 Å². The molecule has 3 N–H and O–H groups in total. The van der Waals surface area contributed by atoms with Crippen LogP contribution in [0.4, 0.5) is 5.69 Å². The molecule has 0 amide bonds. The fraction of sp³-hybridized carbons (Fsp3) is 0. The van der Waals surface area contributed by atoms with Crippen molar-refractivity contribution in [2.75, 3.05) is 5.73 Å². The predicted molar refractivity (Wildman–Crippen MR) is 76.9 cm³/mol. The van der Waals surface area contributed by atoms with Crippen LogP contribution in [-0.2, 0) is 0 Å². The zero-order chi connectivity index (χ0) is 12.7. The minimum absolute atomic E-state index is 0.621. The number of anilines is 1. The zero-order valence-electron chi connectivity index (χ0n) is 8.98. The highest BCUT2D eigenvalue weighted by atomic mass is 79.9. The van der Waals surface area contributed by atoms with Crippen LogP contribution in [0.15, 0.2) is 33.6 Å². The van der Waals surface area contributed by atoms with Crippen LogP contribution in [0.3, 0.4) is 0 Å². The minimum atomic E-state index is 0.621. The summed E-state index contributed by atoms with van der Waals surface area (Å²) in [5.74, 6) is 0.671. The monoisotopic (exact) mass is 367 g/mol. The van der Waals surface area contributed by atoms with Gasteiger partial charge in [-0.1, -0.05) is 15.9 Å². The maximum Gasteiger partial charge on any atom is 0.181 e. The number of nitrogens with one attached hydrogen (secondary N) is 1. The van der Waals surface area contributed by atoms with Crippen molar-refractivity contribution in [3.63, 3.8) is 0 Å². The van der Waals surface area contributed by atoms with Crippen molar-refractivity contribution >= 4 is 48.7 Å². The molecule has 0 spiro atoms. The summed E-state index contributed by atoms with van der Waals surface area (Å²) >= 11 is 6.85. The lowest BCUT2D eigenvalue weighted by molar-refractivity contribution is 1.20. The number of hydrogen-bond donors (Lipinski definition) is 2. The van der Waals surface area contributed by atoms with E-state index in [9.17, 15) is 0 Å². The van der Waals surface area contributed by atoms with Crippen LogP contribution < -0.4 is 5.73 Å². The van der Waals surface area contributed by atoms with Gasteiger partial charge in [-0.2, -0.15) is 0 Å². The highest BCUT2D eigenvalue weighted by molar-refractivity contribution is 9.11. The van der Waals surface area contributed by atoms with Gasteiger partial charge in [0.05, 0.1) is 11.9 Å². The maximum absolute atomic E-state index is 6.04. The topological polar surface area (TPSA) is 80.5 Å². The van der Waals surface area contributed by atoms with E-state index in [1.165, 1.54) is 6.33 Å². The van der Waals surface area contributed by atoms with Crippen molar-refractivity contribution in [1.82, 2.24) is 19.9 Å². The average Bonchev–Trinajstić information content (AvgIpc) is 2.77. The van der Waals surface area contributed by atoms with Crippen LogP contribution in [0.2, 0.25) is 0 Å². The number of H-pyrrole nitrogens is 1. The molecule has 0 fully saturated rings. The zero-order valence-corrected chi connectivity index (χ0v) is 12.2. The molecule has 3 aromatic rings. The number of halogens is 2. The molecule has 0 bridgehead atoms. The molecule has 3 rings (SSSR count). The van der Waals surface area contributed by atoms with E-state index in [1.54, 1.807) is 6.20 Å². The summed E-state index contributed by atoms with van der Waals surface area (Å²) < 4.78 is 1.74. The van der Waals surface area contributed by atoms with Crippen molar-refractivity contribution in [2.45, 2.75) is 0 Å². The average molecular weight is 369 g/mol. The van der Waals surface area contributed by atoms with Gasteiger partial charge >= 0.3 is 0 Å². The molecule has 0 unspecified atom stereocenters. The lowest BCUT2D eigenvalue weighted by Gasteiger charge is -2.05. The van der Waals surface area contributed by atoms with Crippen molar-refractivity contribution in [1.29, 1.82) is 0 Å². The first-order chi connectivity index (χ1) is 8.65. The second-order valence-electron chi connectivity index (χ2n) is 3.69. The third-order valence-electron chi connectivity index (χ3n) is 2.51. The van der Waals surface area contributed by atoms with Gasteiger partial charge in [-0.3, -0.25) is 0 Å². The van der Waals surface area contributed by atoms with E-state index in [0.29, 0.717) is 17.2 Å². The van der Waals surface area contributed by atoms with Gasteiger partial charge < -0.3 is 10.7 Å². The van der Waals surface area contributed by atoms with Crippen LogP contribution in [-0.4, -0.2) is 19.9 Å². The summed E-state index contributed by atoms with van der Waals surface area (Å²) in [5, 5.41) is 0. The molecule has 0 saturated heterocycles. The van der Waals surface area contributed by atoms with Gasteiger partial charge in [-0.15, -0.1) is 0 Å². The molecule has 0 saturated carbocycles. The summed E-state index contributed by atoms with van der Waals surface area (Å²) in [6, 6.07) is 3.80. The van der Waals surface area contributed by atoms with E-state index in [0.717, 1.165) is 20.0 Å². The summed E-state index contributed by atoms with van der Waals surface area (Å²) in [4.78, 5) is 15.6. The molecule has 2 heterocycles. The quantitative estimate of drug-likeness (QED) is 0.646. The largest absolute Gasteiger partial charge is 0.397 e. The lowest BCUT2D eigenvalue weighted by Crippen LogP contribution is -1.93. The van der Waals surface area contributed by atoms with Crippen LogP contribution >= 0.6 is 31.9 Å². The third-order valence-corrected chi connectivity index (χ3v) is 3.63. The normalized spacial score (nSPS) is 11.0. The summed E-state index contributed by atoms with van der Waals surface area (Å²) in [5.41, 5.74) is 8.89. The number of nitrogen functional groups attached to an aromatic ring is 1. The second-order valence-corrected chi connectivity index (χ2v) is 5.46. The van der Waals surface area contributed by atoms with Gasteiger partial charge in [0.1, 0.15) is 17.7 Å². The molecule has 0 aliphatic heterocycles. The molecular formula is C11H7Br2N5. The van der Waals surface area contributed by atoms with Crippen LogP contribution in [0.1, 0.15) is 0 Å². The predicted octanol–water partition coefficient (Wildman–Crippen LogP) is 3.13. The Morgan fingerprint density at radius 1 is 1.22 bits per heavy atom. The Morgan fingerprint density at radius 3 is 2.83 bits per heavy atom. The highest BCUT2D eigenvalue weighted by Crippen LogP contribution is 2.34. The molecule has 2 aromatic heterocycles. The van der Waals surface area contributed by atoms with Crippen molar-refractivity contribution in [2.24, 2.45) is 0 Å². The van der Waals surface area contributed by atoms with Crippen LogP contribution in [0.25, 0.3) is 22.6 Å². The summed E-state index contributed by atoms with van der Waals surface area (Å²) in [6.45, 7) is 0. The summed E-state index contributed by atoms with van der Waals surface area (Å²) in [7, 11) is 0. The standard InChI is InChI=1S/C11H7Br2N5/c12-5-1-6(9(14)7(13)2-5)10-17-8-3-15-4-16-11(8)18-10/h1-4H,14H2,(H,15,16,17,18). The first-order valence-corrected chi connectivity index (χ1v) is 6.64. The number of fused-ring (bicyclic) bond motifs is 1. The van der Waals surface area contributed by atoms with Gasteiger partial charge in [0, 0.05) is 14.5 Å². The van der Waals surface area contributed by atoms with E-state index in [4.69, 9.17) is 5.73 Å². The molecule has 0 aliphatic rings. The van der Waals surface area contributed by atoms with Gasteiger partial charge in [0.2, 0.25) is 0 Å². The van der Waals surface area contributed by atoms with Crippen molar-refractivity contribution < 1.29 is 0 Å². The second kappa shape index (κ2) is 4.33. The lowest BCUT2D eigenvalue weighted by atomic mass is 10.2. The molecule has 18 heavy (non-hydrogen) atoms. The maximum atomic E-state index is 6.04. The number of aromatic amines is 1. The number of imidazole rings is 1. The van der Waals surface area contributed by atoms with E-state index in [1.807, 2.05) is 12.1 Å². The summed E-state index contributed by atoms with van der Waals surface area (Å²) in [6.07, 6.45) is 3.15. The van der Waals surface area contributed by atoms with Gasteiger partial charge in [0.25, 0.3) is 0 Å². The molecule has 0 atom stereocenters. The molecule has 5 nitrogen and oxygen atoms in total. The first-order valence-electron chi connectivity index (χ1n) is 5.06. The molecule has 0 radical (unpaired) electrons. The molecule has 0 aliphatic carbocycles. The number of nitrogens with zero attached hydrogens (tertiary/aromatic N) is 3. The van der Waals surface area contributed by atoms with Crippen LogP contribution in [0.5, 0.6) is 0 Å².